The molecule has 0 aromatic heterocycles. The van der Waals surface area contributed by atoms with Crippen LogP contribution in [0.15, 0.2) is 60.8 Å². The van der Waals surface area contributed by atoms with Gasteiger partial charge in [-0.25, -0.2) is 0 Å². The Hall–Kier alpha value is -2.51. The number of ether oxygens (including phenoxy) is 6. The second kappa shape index (κ2) is 39.8. The predicted octanol–water partition coefficient (Wildman–Crippen LogP) is 3.70. The van der Waals surface area contributed by atoms with Gasteiger partial charge in [0, 0.05) is 6.42 Å². The lowest BCUT2D eigenvalue weighted by atomic mass is 9.96. The molecular formula is C56H97NO18. The molecule has 3 aliphatic rings. The van der Waals surface area contributed by atoms with Crippen LogP contribution in [0.25, 0.3) is 0 Å². The lowest BCUT2D eigenvalue weighted by Gasteiger charge is -2.48. The molecule has 0 bridgehead atoms. The standard InChI is InChI=1S/C56H97NO18/c1-3-5-7-8-9-10-11-12-13-14-15-16-17-18-19-20-21-22-23-24-25-26-27-28-29-30-32-34-44(62)57-39(40(61)33-31-6-4-2)38-70-54-50(68)47(65)52(42(36-59)72-54)75-56-51(69)48(66)53(43(37-60)73-56)74-55-49(67)46(64)45(63)41(35-58)71-55/h5,7,9-10,12-13,15-16,18-19,39-43,45-56,58-61,63-69H,3-4,6,8,11,14,17,20-38H2,1-2H3,(H,57,62)/b7-5-,10-9-,13-12-,16-15-,19-18-. The van der Waals surface area contributed by atoms with Crippen molar-refractivity contribution in [2.75, 3.05) is 26.4 Å². The van der Waals surface area contributed by atoms with Crippen molar-refractivity contribution in [3.8, 4) is 0 Å². The maximum Gasteiger partial charge on any atom is 0.220 e. The molecule has 19 heteroatoms. The number of carbonyl (C=O) groups is 1. The molecule has 3 fully saturated rings. The summed E-state index contributed by atoms with van der Waals surface area (Å²) in [7, 11) is 0. The Morgan fingerprint density at radius 1 is 0.493 bits per heavy atom. The Morgan fingerprint density at radius 3 is 1.41 bits per heavy atom. The third-order valence-corrected chi connectivity index (χ3v) is 13.9. The molecule has 12 N–H and O–H groups in total. The summed E-state index contributed by atoms with van der Waals surface area (Å²) in [4.78, 5) is 13.1. The van der Waals surface area contributed by atoms with Crippen LogP contribution in [-0.4, -0.2) is 193 Å². The number of nitrogens with one attached hydrogen (secondary N) is 1. The van der Waals surface area contributed by atoms with Crippen LogP contribution in [0.2, 0.25) is 0 Å². The van der Waals surface area contributed by atoms with E-state index in [-0.39, 0.29) is 18.9 Å². The van der Waals surface area contributed by atoms with Gasteiger partial charge in [0.15, 0.2) is 18.9 Å². The van der Waals surface area contributed by atoms with Gasteiger partial charge in [0.2, 0.25) is 5.91 Å². The zero-order valence-electron chi connectivity index (χ0n) is 44.8. The van der Waals surface area contributed by atoms with Gasteiger partial charge in [0.1, 0.15) is 73.2 Å². The van der Waals surface area contributed by atoms with Crippen LogP contribution in [0.3, 0.4) is 0 Å². The minimum atomic E-state index is -1.97. The Bertz CT molecular complexity index is 1610. The van der Waals surface area contributed by atoms with E-state index < -0.39 is 124 Å². The molecule has 17 unspecified atom stereocenters. The number of hydrogen-bond acceptors (Lipinski definition) is 18. The summed E-state index contributed by atoms with van der Waals surface area (Å²) in [5.41, 5.74) is 0. The fraction of sp³-hybridized carbons (Fsp3) is 0.804. The average molecular weight is 1070 g/mol. The fourth-order valence-electron chi connectivity index (χ4n) is 9.22. The summed E-state index contributed by atoms with van der Waals surface area (Å²) in [6.45, 7) is 1.45. The molecule has 0 aromatic carbocycles. The van der Waals surface area contributed by atoms with Crippen LogP contribution in [0.1, 0.15) is 155 Å². The van der Waals surface area contributed by atoms with Gasteiger partial charge in [-0.2, -0.15) is 0 Å². The fourth-order valence-corrected chi connectivity index (χ4v) is 9.22. The summed E-state index contributed by atoms with van der Waals surface area (Å²) in [6, 6.07) is -0.886. The third-order valence-electron chi connectivity index (χ3n) is 13.9. The average Bonchev–Trinajstić information content (AvgIpc) is 3.40. The highest BCUT2D eigenvalue weighted by Gasteiger charge is 2.53. The number of aliphatic hydroxyl groups is 11. The first-order valence-electron chi connectivity index (χ1n) is 28.0. The number of amides is 1. The molecule has 3 aliphatic heterocycles. The second-order valence-corrected chi connectivity index (χ2v) is 20.0. The lowest BCUT2D eigenvalue weighted by Crippen LogP contribution is -2.66. The Labute approximate surface area is 445 Å². The molecule has 17 atom stereocenters. The largest absolute Gasteiger partial charge is 0.394 e. The molecule has 0 aromatic rings. The van der Waals surface area contributed by atoms with Gasteiger partial charge in [-0.3, -0.25) is 4.79 Å². The molecule has 1 amide bonds. The minimum absolute atomic E-state index is 0.256. The zero-order valence-corrected chi connectivity index (χ0v) is 44.8. The SMILES string of the molecule is CC/C=C\C/C=C\C/C=C\C/C=C\C/C=C\CCCCCCCCCCCCCC(=O)NC(COC1OC(CO)C(OC2OC(CO)C(OC3OC(CO)C(O)C(O)C3O)C(O)C2O)C(O)C1O)C(O)CCCCC. The Morgan fingerprint density at radius 2 is 0.920 bits per heavy atom. The monoisotopic (exact) mass is 1070 g/mol. The van der Waals surface area contributed by atoms with Gasteiger partial charge in [-0.1, -0.05) is 152 Å². The highest BCUT2D eigenvalue weighted by atomic mass is 16.8. The number of aliphatic hydroxyl groups excluding tert-OH is 11. The molecule has 0 saturated carbocycles. The zero-order chi connectivity index (χ0) is 54.8. The Kier molecular flexibility index (Phi) is 35.4. The van der Waals surface area contributed by atoms with Gasteiger partial charge in [0.25, 0.3) is 0 Å². The molecule has 434 valence electrons. The summed E-state index contributed by atoms with van der Waals surface area (Å²) in [5.74, 6) is -0.262. The van der Waals surface area contributed by atoms with E-state index in [1.165, 1.54) is 44.9 Å². The number of allylic oxidation sites excluding steroid dienone is 10. The topological polar surface area (TPSA) is 307 Å². The maximum atomic E-state index is 13.1. The molecular weight excluding hydrogens is 975 g/mol. The van der Waals surface area contributed by atoms with Gasteiger partial charge in [-0.15, -0.1) is 0 Å². The van der Waals surface area contributed by atoms with E-state index in [1.807, 2.05) is 6.92 Å². The van der Waals surface area contributed by atoms with Crippen molar-refractivity contribution < 1.29 is 89.4 Å². The van der Waals surface area contributed by atoms with E-state index in [9.17, 15) is 61.0 Å². The van der Waals surface area contributed by atoms with Crippen molar-refractivity contribution in [1.82, 2.24) is 5.32 Å². The van der Waals surface area contributed by atoms with Crippen molar-refractivity contribution in [2.24, 2.45) is 0 Å². The summed E-state index contributed by atoms with van der Waals surface area (Å²) in [6.07, 6.45) is 17.3. The summed E-state index contributed by atoms with van der Waals surface area (Å²) >= 11 is 0. The quantitative estimate of drug-likeness (QED) is 0.0309. The van der Waals surface area contributed by atoms with E-state index in [1.54, 1.807) is 0 Å². The van der Waals surface area contributed by atoms with Crippen LogP contribution in [0.5, 0.6) is 0 Å². The molecule has 3 rings (SSSR count). The summed E-state index contributed by atoms with van der Waals surface area (Å²) in [5, 5.41) is 119. The molecule has 0 spiro atoms. The van der Waals surface area contributed by atoms with Crippen LogP contribution in [0, 0.1) is 0 Å². The first-order chi connectivity index (χ1) is 36.3. The predicted molar refractivity (Wildman–Crippen MR) is 282 cm³/mol. The second-order valence-electron chi connectivity index (χ2n) is 20.0. The number of carbonyl (C=O) groups excluding carboxylic acids is 1. The van der Waals surface area contributed by atoms with E-state index in [4.69, 9.17) is 28.4 Å². The molecule has 75 heavy (non-hydrogen) atoms. The molecule has 0 aliphatic carbocycles. The summed E-state index contributed by atoms with van der Waals surface area (Å²) < 4.78 is 34.0. The first kappa shape index (κ1) is 66.8. The highest BCUT2D eigenvalue weighted by Crippen LogP contribution is 2.33. The van der Waals surface area contributed by atoms with Gasteiger partial charge >= 0.3 is 0 Å². The van der Waals surface area contributed by atoms with Crippen LogP contribution in [0.4, 0.5) is 0 Å². The minimum Gasteiger partial charge on any atom is -0.394 e. The van der Waals surface area contributed by atoms with Crippen LogP contribution >= 0.6 is 0 Å². The number of unbranched alkanes of at least 4 members (excludes halogenated alkanes) is 13. The van der Waals surface area contributed by atoms with E-state index >= 15 is 0 Å². The first-order valence-corrected chi connectivity index (χ1v) is 28.0. The smallest absolute Gasteiger partial charge is 0.220 e. The van der Waals surface area contributed by atoms with Crippen molar-refractivity contribution in [3.63, 3.8) is 0 Å². The van der Waals surface area contributed by atoms with Gasteiger partial charge < -0.3 is 89.9 Å². The van der Waals surface area contributed by atoms with Gasteiger partial charge in [-0.05, 0) is 57.8 Å². The maximum absolute atomic E-state index is 13.1. The normalized spacial score (nSPS) is 31.7. The Balaban J connectivity index is 1.34. The van der Waals surface area contributed by atoms with E-state index in [2.05, 4.69) is 73.0 Å². The third kappa shape index (κ3) is 24.6. The number of hydrogen-bond donors (Lipinski definition) is 12. The van der Waals surface area contributed by atoms with E-state index in [0.29, 0.717) is 19.3 Å². The molecule has 3 saturated heterocycles. The molecule has 0 radical (unpaired) electrons. The van der Waals surface area contributed by atoms with Gasteiger partial charge in [0.05, 0.1) is 38.6 Å². The van der Waals surface area contributed by atoms with Crippen molar-refractivity contribution in [2.45, 2.75) is 259 Å². The molecule has 19 nitrogen and oxygen atoms in total. The van der Waals surface area contributed by atoms with Crippen molar-refractivity contribution in [1.29, 1.82) is 0 Å². The lowest BCUT2D eigenvalue weighted by molar-refractivity contribution is -0.379. The molecule has 3 heterocycles. The van der Waals surface area contributed by atoms with Crippen LogP contribution < -0.4 is 5.32 Å². The highest BCUT2D eigenvalue weighted by molar-refractivity contribution is 5.76. The van der Waals surface area contributed by atoms with Crippen LogP contribution in [-0.2, 0) is 33.2 Å². The number of rotatable bonds is 39. The van der Waals surface area contributed by atoms with Crippen molar-refractivity contribution in [3.05, 3.63) is 60.8 Å². The van der Waals surface area contributed by atoms with Crippen molar-refractivity contribution >= 4 is 5.91 Å². The van der Waals surface area contributed by atoms with E-state index in [0.717, 1.165) is 70.6 Å².